The number of rotatable bonds is 5. The van der Waals surface area contributed by atoms with Gasteiger partial charge >= 0.3 is 0 Å². The van der Waals surface area contributed by atoms with Gasteiger partial charge in [0.1, 0.15) is 0 Å². The van der Waals surface area contributed by atoms with Crippen molar-refractivity contribution in [1.82, 2.24) is 10.3 Å². The normalized spacial score (nSPS) is 12.0. The Morgan fingerprint density at radius 2 is 1.83 bits per heavy atom. The van der Waals surface area contributed by atoms with E-state index in [1.54, 1.807) is 30.5 Å². The third kappa shape index (κ3) is 3.49. The molecule has 24 heavy (non-hydrogen) atoms. The number of para-hydroxylation sites is 1. The Kier molecular flexibility index (Phi) is 4.66. The lowest BCUT2D eigenvalue weighted by Gasteiger charge is -2.19. The number of H-pyrrole nitrogens is 1. The van der Waals surface area contributed by atoms with Crippen molar-refractivity contribution in [3.63, 3.8) is 0 Å². The summed E-state index contributed by atoms with van der Waals surface area (Å²) in [6, 6.07) is 13.2. The molecule has 1 heterocycles. The fraction of sp³-hybridized carbons (Fsp3) is 0.111. The molecule has 5 nitrogen and oxygen atoms in total. The van der Waals surface area contributed by atoms with E-state index in [9.17, 15) is 14.7 Å². The van der Waals surface area contributed by atoms with Gasteiger partial charge in [-0.15, -0.1) is 0 Å². The fourth-order valence-corrected chi connectivity index (χ4v) is 2.82. The van der Waals surface area contributed by atoms with Crippen molar-refractivity contribution in [2.45, 2.75) is 12.5 Å². The Morgan fingerprint density at radius 3 is 2.54 bits per heavy atom. The minimum atomic E-state index is -1.31. The first-order valence-corrected chi connectivity index (χ1v) is 8.16. The van der Waals surface area contributed by atoms with Crippen LogP contribution in [0.3, 0.4) is 0 Å². The zero-order valence-corrected chi connectivity index (χ0v) is 14.2. The number of fused-ring (bicyclic) bond motifs is 1. The van der Waals surface area contributed by atoms with Gasteiger partial charge in [-0.2, -0.15) is 0 Å². The number of aromatic amines is 1. The van der Waals surface area contributed by atoms with Crippen LogP contribution in [-0.2, 0) is 11.2 Å². The molecule has 1 aromatic heterocycles. The van der Waals surface area contributed by atoms with Crippen LogP contribution in [0.2, 0.25) is 0 Å². The Hall–Kier alpha value is -2.60. The van der Waals surface area contributed by atoms with Gasteiger partial charge in [-0.25, -0.2) is 0 Å². The molecule has 0 aliphatic rings. The molecule has 0 radical (unpaired) electrons. The van der Waals surface area contributed by atoms with Crippen LogP contribution >= 0.6 is 15.9 Å². The summed E-state index contributed by atoms with van der Waals surface area (Å²) in [4.78, 5) is 26.8. The Balaban J connectivity index is 1.79. The molecular weight excluding hydrogens is 372 g/mol. The summed E-state index contributed by atoms with van der Waals surface area (Å²) >= 11 is 3.29. The lowest BCUT2D eigenvalue weighted by Crippen LogP contribution is -2.49. The molecule has 1 atom stereocenters. The zero-order chi connectivity index (χ0) is 17.1. The summed E-state index contributed by atoms with van der Waals surface area (Å²) in [6.45, 7) is 0. The van der Waals surface area contributed by atoms with Gasteiger partial charge in [-0.3, -0.25) is 4.79 Å². The molecule has 0 fully saturated rings. The van der Waals surface area contributed by atoms with E-state index in [4.69, 9.17) is 0 Å². The maximum absolute atomic E-state index is 12.2. The van der Waals surface area contributed by atoms with E-state index in [0.717, 1.165) is 20.9 Å². The maximum atomic E-state index is 12.2. The van der Waals surface area contributed by atoms with Gasteiger partial charge in [0.15, 0.2) is 0 Å². The van der Waals surface area contributed by atoms with E-state index in [-0.39, 0.29) is 6.42 Å². The zero-order valence-electron chi connectivity index (χ0n) is 12.6. The molecule has 0 bridgehead atoms. The van der Waals surface area contributed by atoms with Crippen molar-refractivity contribution in [2.75, 3.05) is 0 Å². The molecule has 0 saturated carbocycles. The van der Waals surface area contributed by atoms with Crippen molar-refractivity contribution < 1.29 is 14.7 Å². The highest BCUT2D eigenvalue weighted by Crippen LogP contribution is 2.19. The van der Waals surface area contributed by atoms with Crippen LogP contribution < -0.4 is 10.4 Å². The predicted octanol–water partition coefficient (Wildman–Crippen LogP) is 2.02. The Bertz CT molecular complexity index is 887. The van der Waals surface area contributed by atoms with Crippen molar-refractivity contribution in [3.8, 4) is 0 Å². The van der Waals surface area contributed by atoms with E-state index in [2.05, 4.69) is 26.2 Å². The van der Waals surface area contributed by atoms with Crippen LogP contribution in [0.5, 0.6) is 0 Å². The number of halogens is 1. The summed E-state index contributed by atoms with van der Waals surface area (Å²) in [5.74, 6) is -1.76. The number of nitrogens with one attached hydrogen (secondary N) is 2. The van der Waals surface area contributed by atoms with Crippen LogP contribution in [0, 0.1) is 0 Å². The maximum Gasteiger partial charge on any atom is 0.251 e. The van der Waals surface area contributed by atoms with Crippen LogP contribution in [-0.4, -0.2) is 22.9 Å². The molecule has 0 spiro atoms. The standard InChI is InChI=1S/C18H15BrN2O3/c19-13-7-5-11(6-8-13)17(22)21-16(18(23)24)9-12-10-20-15-4-2-1-3-14(12)15/h1-8,10,16,20H,9H2,(H,21,22)(H,23,24)/p-1/t16-/m0/s1. The smallest absolute Gasteiger partial charge is 0.251 e. The minimum Gasteiger partial charge on any atom is -0.548 e. The summed E-state index contributed by atoms with van der Waals surface area (Å²) in [7, 11) is 0. The van der Waals surface area contributed by atoms with Crippen LogP contribution in [0.15, 0.2) is 59.2 Å². The Morgan fingerprint density at radius 1 is 1.12 bits per heavy atom. The summed E-state index contributed by atoms with van der Waals surface area (Å²) < 4.78 is 0.842. The molecule has 2 aromatic carbocycles. The molecule has 3 rings (SSSR count). The van der Waals surface area contributed by atoms with Crippen molar-refractivity contribution in [1.29, 1.82) is 0 Å². The third-order valence-corrected chi connectivity index (χ3v) is 4.32. The van der Waals surface area contributed by atoms with Gasteiger partial charge in [0.05, 0.1) is 12.0 Å². The monoisotopic (exact) mass is 385 g/mol. The van der Waals surface area contributed by atoms with Crippen molar-refractivity contribution in [3.05, 3.63) is 70.3 Å². The first-order chi connectivity index (χ1) is 11.5. The van der Waals surface area contributed by atoms with Gasteiger partial charge in [0.2, 0.25) is 0 Å². The van der Waals surface area contributed by atoms with Gasteiger partial charge < -0.3 is 20.2 Å². The second kappa shape index (κ2) is 6.88. The number of hydrogen-bond acceptors (Lipinski definition) is 3. The molecule has 0 aliphatic heterocycles. The van der Waals surface area contributed by atoms with E-state index >= 15 is 0 Å². The number of carbonyl (C=O) groups is 2. The number of hydrogen-bond donors (Lipinski definition) is 2. The summed E-state index contributed by atoms with van der Waals surface area (Å²) in [5.41, 5.74) is 2.13. The average molecular weight is 386 g/mol. The molecule has 0 unspecified atom stereocenters. The number of amides is 1. The Labute approximate surface area is 146 Å². The third-order valence-electron chi connectivity index (χ3n) is 3.80. The van der Waals surface area contributed by atoms with Crippen molar-refractivity contribution in [2.24, 2.45) is 0 Å². The molecule has 2 N–H and O–H groups in total. The van der Waals surface area contributed by atoms with E-state index in [1.165, 1.54) is 0 Å². The van der Waals surface area contributed by atoms with Crippen LogP contribution in [0.4, 0.5) is 0 Å². The molecule has 0 saturated heterocycles. The second-order valence-electron chi connectivity index (χ2n) is 5.42. The van der Waals surface area contributed by atoms with E-state index < -0.39 is 17.9 Å². The highest BCUT2D eigenvalue weighted by molar-refractivity contribution is 9.10. The highest BCUT2D eigenvalue weighted by Gasteiger charge is 2.17. The van der Waals surface area contributed by atoms with Crippen molar-refractivity contribution >= 4 is 38.7 Å². The number of aromatic nitrogens is 1. The largest absolute Gasteiger partial charge is 0.548 e. The highest BCUT2D eigenvalue weighted by atomic mass is 79.9. The first kappa shape index (κ1) is 16.3. The number of benzene rings is 2. The average Bonchev–Trinajstić information content (AvgIpc) is 2.98. The van der Waals surface area contributed by atoms with Crippen LogP contribution in [0.25, 0.3) is 10.9 Å². The second-order valence-corrected chi connectivity index (χ2v) is 6.33. The predicted molar refractivity (Wildman–Crippen MR) is 92.4 cm³/mol. The molecular formula is C18H14BrN2O3-. The lowest BCUT2D eigenvalue weighted by molar-refractivity contribution is -0.308. The quantitative estimate of drug-likeness (QED) is 0.704. The summed E-state index contributed by atoms with van der Waals surface area (Å²) in [6.07, 6.45) is 1.90. The lowest BCUT2D eigenvalue weighted by atomic mass is 10.0. The molecule has 0 aliphatic carbocycles. The first-order valence-electron chi connectivity index (χ1n) is 7.37. The molecule has 3 aromatic rings. The number of carbonyl (C=O) groups excluding carboxylic acids is 2. The SMILES string of the molecule is O=C(N[C@@H](Cc1c[nH]c2ccccc12)C(=O)[O-])c1ccc(Br)cc1. The molecule has 122 valence electrons. The molecule has 1 amide bonds. The van der Waals surface area contributed by atoms with Crippen LogP contribution in [0.1, 0.15) is 15.9 Å². The van der Waals surface area contributed by atoms with E-state index in [0.29, 0.717) is 5.56 Å². The van der Waals surface area contributed by atoms with Gasteiger partial charge in [0, 0.05) is 33.6 Å². The van der Waals surface area contributed by atoms with Gasteiger partial charge in [-0.1, -0.05) is 34.1 Å². The summed E-state index contributed by atoms with van der Waals surface area (Å²) in [5, 5.41) is 14.9. The number of carboxylic acid groups (broad SMARTS) is 1. The van der Waals surface area contributed by atoms with Gasteiger partial charge in [0.25, 0.3) is 5.91 Å². The van der Waals surface area contributed by atoms with E-state index in [1.807, 2.05) is 24.3 Å². The fourth-order valence-electron chi connectivity index (χ4n) is 2.56. The number of carboxylic acids is 1. The van der Waals surface area contributed by atoms with Gasteiger partial charge in [-0.05, 0) is 35.9 Å². The molecule has 6 heteroatoms. The number of aliphatic carboxylic acids is 1. The topological polar surface area (TPSA) is 85.0 Å². The minimum absolute atomic E-state index is 0.147.